The Morgan fingerprint density at radius 1 is 1.31 bits per heavy atom. The van der Waals surface area contributed by atoms with Gasteiger partial charge < -0.3 is 0 Å². The first-order valence-corrected chi connectivity index (χ1v) is 4.12. The molecule has 0 aliphatic rings. The van der Waals surface area contributed by atoms with Crippen LogP contribution >= 0.6 is 11.6 Å². The molecule has 3 nitrogen and oxygen atoms in total. The highest BCUT2D eigenvalue weighted by atomic mass is 35.5. The van der Waals surface area contributed by atoms with Crippen LogP contribution in [0, 0.1) is 6.92 Å². The third kappa shape index (κ3) is 1.55. The largest absolute Gasteiger partial charge is 0.288 e. The zero-order valence-electron chi connectivity index (χ0n) is 6.81. The summed E-state index contributed by atoms with van der Waals surface area (Å²) in [4.78, 5) is 8.13. The van der Waals surface area contributed by atoms with Gasteiger partial charge in [0.05, 0.1) is 0 Å². The van der Waals surface area contributed by atoms with Gasteiger partial charge in [-0.1, -0.05) is 11.6 Å². The van der Waals surface area contributed by atoms with Gasteiger partial charge in [0.15, 0.2) is 0 Å². The molecule has 0 amide bonds. The predicted octanol–water partition coefficient (Wildman–Crippen LogP) is 2.10. The van der Waals surface area contributed by atoms with Crippen molar-refractivity contribution in [1.29, 1.82) is 0 Å². The second-order valence-electron chi connectivity index (χ2n) is 2.55. The van der Waals surface area contributed by atoms with Crippen molar-refractivity contribution in [3.8, 4) is 5.82 Å². The number of hydrogen-bond donors (Lipinski definition) is 0. The minimum Gasteiger partial charge on any atom is -0.288 e. The monoisotopic (exact) mass is 192 g/mol. The van der Waals surface area contributed by atoms with Gasteiger partial charge >= 0.3 is 0 Å². The minimum absolute atomic E-state index is 0.648. The smallest absolute Gasteiger partial charge is 0.139 e. The van der Waals surface area contributed by atoms with Gasteiger partial charge in [-0.15, -0.1) is 0 Å². The fourth-order valence-electron chi connectivity index (χ4n) is 1.07. The van der Waals surface area contributed by atoms with Crippen molar-refractivity contribution in [1.82, 2.24) is 14.5 Å². The van der Waals surface area contributed by atoms with Crippen LogP contribution in [0.15, 0.2) is 30.7 Å². The average molecular weight is 193 g/mol. The lowest BCUT2D eigenvalue weighted by Crippen LogP contribution is -1.97. The molecule has 2 heterocycles. The van der Waals surface area contributed by atoms with Crippen LogP contribution in [0.5, 0.6) is 0 Å². The molecule has 0 aliphatic carbocycles. The van der Waals surface area contributed by atoms with Gasteiger partial charge in [0, 0.05) is 36.6 Å². The van der Waals surface area contributed by atoms with E-state index in [1.165, 1.54) is 0 Å². The molecule has 1 radical (unpaired) electrons. The molecule has 0 aliphatic heterocycles. The molecule has 0 bridgehead atoms. The van der Waals surface area contributed by atoms with E-state index < -0.39 is 0 Å². The highest BCUT2D eigenvalue weighted by Gasteiger charge is 2.01. The summed E-state index contributed by atoms with van der Waals surface area (Å²) in [6, 6.07) is 3.49. The van der Waals surface area contributed by atoms with Crippen molar-refractivity contribution in [2.75, 3.05) is 0 Å². The summed E-state index contributed by atoms with van der Waals surface area (Å²) >= 11 is 5.82. The zero-order chi connectivity index (χ0) is 9.26. The Hall–Kier alpha value is -1.35. The van der Waals surface area contributed by atoms with Gasteiger partial charge in [-0.3, -0.25) is 4.57 Å². The lowest BCUT2D eigenvalue weighted by molar-refractivity contribution is 0.963. The van der Waals surface area contributed by atoms with E-state index >= 15 is 0 Å². The molecule has 0 N–H and O–H groups in total. The molecule has 0 spiro atoms. The first-order valence-electron chi connectivity index (χ1n) is 3.74. The third-order valence-electron chi connectivity index (χ3n) is 1.67. The van der Waals surface area contributed by atoms with Crippen molar-refractivity contribution in [3.05, 3.63) is 48.5 Å². The molecule has 13 heavy (non-hydrogen) atoms. The van der Waals surface area contributed by atoms with Gasteiger partial charge in [0.2, 0.25) is 0 Å². The Labute approximate surface area is 81.0 Å². The van der Waals surface area contributed by atoms with Crippen molar-refractivity contribution in [3.63, 3.8) is 0 Å². The highest BCUT2D eigenvalue weighted by Crippen LogP contribution is 2.12. The fourth-order valence-corrected chi connectivity index (χ4v) is 1.22. The molecule has 0 fully saturated rings. The van der Waals surface area contributed by atoms with Crippen LogP contribution in [-0.4, -0.2) is 14.5 Å². The quantitative estimate of drug-likeness (QED) is 0.693. The summed E-state index contributed by atoms with van der Waals surface area (Å²) in [5, 5.41) is 0.651. The second-order valence-corrected chi connectivity index (χ2v) is 2.98. The summed E-state index contributed by atoms with van der Waals surface area (Å²) in [6.07, 6.45) is 5.11. The number of imidazole rings is 1. The molecule has 0 saturated carbocycles. The summed E-state index contributed by atoms with van der Waals surface area (Å²) < 4.78 is 1.77. The number of nitrogens with zero attached hydrogens (tertiary/aromatic N) is 3. The maximum atomic E-state index is 5.82. The average Bonchev–Trinajstić information content (AvgIpc) is 2.51. The van der Waals surface area contributed by atoms with E-state index in [-0.39, 0.29) is 0 Å². The van der Waals surface area contributed by atoms with Gasteiger partial charge in [-0.25, -0.2) is 9.97 Å². The summed E-state index contributed by atoms with van der Waals surface area (Å²) in [5.74, 6) is 1.38. The Morgan fingerprint density at radius 3 is 2.77 bits per heavy atom. The van der Waals surface area contributed by atoms with E-state index in [0.717, 1.165) is 5.82 Å². The number of hydrogen-bond acceptors (Lipinski definition) is 2. The van der Waals surface area contributed by atoms with Crippen LogP contribution in [0.3, 0.4) is 0 Å². The number of halogens is 1. The minimum atomic E-state index is 0.648. The molecular weight excluding hydrogens is 186 g/mol. The molecule has 0 saturated heterocycles. The standard InChI is InChI=1S/C9H7ClN3/c1-7-11-4-5-13(7)9-6-8(10)2-3-12-9/h2-6H,1H2. The zero-order valence-corrected chi connectivity index (χ0v) is 7.57. The Balaban J connectivity index is 2.53. The van der Waals surface area contributed by atoms with Gasteiger partial charge in [0.1, 0.15) is 11.6 Å². The van der Waals surface area contributed by atoms with Gasteiger partial charge in [-0.2, -0.15) is 0 Å². The number of rotatable bonds is 1. The Bertz CT molecular complexity index is 422. The Kier molecular flexibility index (Phi) is 2.02. The SMILES string of the molecule is [CH2]c1nccn1-c1cc(Cl)ccn1. The van der Waals surface area contributed by atoms with Crippen LogP contribution in [0.1, 0.15) is 5.82 Å². The van der Waals surface area contributed by atoms with E-state index in [2.05, 4.69) is 16.9 Å². The van der Waals surface area contributed by atoms with E-state index in [4.69, 9.17) is 11.6 Å². The van der Waals surface area contributed by atoms with Crippen molar-refractivity contribution < 1.29 is 0 Å². The molecule has 65 valence electrons. The summed E-state index contributed by atoms with van der Waals surface area (Å²) in [7, 11) is 0. The van der Waals surface area contributed by atoms with E-state index in [0.29, 0.717) is 10.8 Å². The molecule has 2 rings (SSSR count). The maximum absolute atomic E-state index is 5.82. The molecule has 2 aromatic rings. The van der Waals surface area contributed by atoms with Crippen LogP contribution in [0.2, 0.25) is 5.02 Å². The normalized spacial score (nSPS) is 10.3. The molecule has 0 aromatic carbocycles. The predicted molar refractivity (Wildman–Crippen MR) is 50.8 cm³/mol. The third-order valence-corrected chi connectivity index (χ3v) is 1.91. The summed E-state index contributed by atoms with van der Waals surface area (Å²) in [5.41, 5.74) is 0. The Morgan fingerprint density at radius 2 is 2.15 bits per heavy atom. The molecule has 4 heteroatoms. The van der Waals surface area contributed by atoms with Crippen LogP contribution in [0.25, 0.3) is 5.82 Å². The van der Waals surface area contributed by atoms with E-state index in [9.17, 15) is 0 Å². The topological polar surface area (TPSA) is 30.7 Å². The lowest BCUT2D eigenvalue weighted by Gasteiger charge is -2.02. The first-order chi connectivity index (χ1) is 6.27. The number of aromatic nitrogens is 3. The number of pyridine rings is 1. The fraction of sp³-hybridized carbons (Fsp3) is 0. The van der Waals surface area contributed by atoms with Crippen molar-refractivity contribution in [2.45, 2.75) is 0 Å². The second kappa shape index (κ2) is 3.18. The van der Waals surface area contributed by atoms with Crippen LogP contribution in [-0.2, 0) is 0 Å². The summed E-state index contributed by atoms with van der Waals surface area (Å²) in [6.45, 7) is 3.76. The van der Waals surface area contributed by atoms with E-state index in [1.807, 2.05) is 0 Å². The molecule has 0 atom stereocenters. The van der Waals surface area contributed by atoms with Crippen LogP contribution < -0.4 is 0 Å². The highest BCUT2D eigenvalue weighted by molar-refractivity contribution is 6.30. The first kappa shape index (κ1) is 8.26. The lowest BCUT2D eigenvalue weighted by atomic mass is 10.4. The molecule has 0 unspecified atom stereocenters. The van der Waals surface area contributed by atoms with Crippen molar-refractivity contribution >= 4 is 11.6 Å². The van der Waals surface area contributed by atoms with Gasteiger partial charge in [-0.05, 0) is 6.07 Å². The molecular formula is C9H7ClN3. The molecule has 2 aromatic heterocycles. The maximum Gasteiger partial charge on any atom is 0.139 e. The van der Waals surface area contributed by atoms with Gasteiger partial charge in [0.25, 0.3) is 0 Å². The van der Waals surface area contributed by atoms with E-state index in [1.54, 1.807) is 35.3 Å². The van der Waals surface area contributed by atoms with Crippen LogP contribution in [0.4, 0.5) is 0 Å². The van der Waals surface area contributed by atoms with Crippen molar-refractivity contribution in [2.24, 2.45) is 0 Å².